The van der Waals surface area contributed by atoms with Gasteiger partial charge < -0.3 is 10.1 Å². The highest BCUT2D eigenvalue weighted by atomic mass is 16.5. The lowest BCUT2D eigenvalue weighted by atomic mass is 10.1. The zero-order valence-corrected chi connectivity index (χ0v) is 20.5. The third kappa shape index (κ3) is 5.43. The zero-order chi connectivity index (χ0) is 25.4. The van der Waals surface area contributed by atoms with Crippen molar-refractivity contribution in [2.24, 2.45) is 0 Å². The van der Waals surface area contributed by atoms with Crippen molar-refractivity contribution in [2.75, 3.05) is 13.7 Å². The van der Waals surface area contributed by atoms with Crippen LogP contribution in [0.1, 0.15) is 53.0 Å². The van der Waals surface area contributed by atoms with Crippen molar-refractivity contribution in [3.8, 4) is 5.75 Å². The first-order valence-corrected chi connectivity index (χ1v) is 12.0. The number of hydrogen-bond acceptors (Lipinski definition) is 4. The Morgan fingerprint density at radius 3 is 2.49 bits per heavy atom. The van der Waals surface area contributed by atoms with Crippen LogP contribution >= 0.6 is 0 Å². The van der Waals surface area contributed by atoms with Crippen molar-refractivity contribution in [3.63, 3.8) is 0 Å². The van der Waals surface area contributed by atoms with Gasteiger partial charge in [0.15, 0.2) is 0 Å². The Balaban J connectivity index is 0.00000167. The minimum atomic E-state index is -0.897. The fourth-order valence-electron chi connectivity index (χ4n) is 4.17. The number of imide groups is 1. The number of rotatable bonds is 9. The van der Waals surface area contributed by atoms with E-state index in [0.29, 0.717) is 31.6 Å². The van der Waals surface area contributed by atoms with E-state index in [4.69, 9.17) is 4.74 Å². The smallest absolute Gasteiger partial charge is 0.266 e. The molecule has 1 unspecified atom stereocenters. The van der Waals surface area contributed by atoms with Crippen LogP contribution in [0.5, 0.6) is 5.75 Å². The van der Waals surface area contributed by atoms with Crippen LogP contribution in [0.25, 0.3) is 10.8 Å². The summed E-state index contributed by atoms with van der Waals surface area (Å²) in [7, 11) is 1.49. The number of likely N-dealkylation sites (N-methyl/N-ethyl adjacent to an activating group) is 1. The lowest BCUT2D eigenvalue weighted by molar-refractivity contribution is -0.124. The Morgan fingerprint density at radius 2 is 1.77 bits per heavy atom. The monoisotopic (exact) mass is 472 g/mol. The maximum Gasteiger partial charge on any atom is 0.266 e. The van der Waals surface area contributed by atoms with Gasteiger partial charge in [0, 0.05) is 13.5 Å². The molecule has 0 aromatic heterocycles. The van der Waals surface area contributed by atoms with Crippen LogP contribution in [0.15, 0.2) is 73.3 Å². The van der Waals surface area contributed by atoms with Gasteiger partial charge in [0.2, 0.25) is 5.91 Å². The third-order valence-electron chi connectivity index (χ3n) is 5.88. The second-order valence-corrected chi connectivity index (χ2v) is 7.94. The highest BCUT2D eigenvalue weighted by Gasteiger charge is 2.44. The summed E-state index contributed by atoms with van der Waals surface area (Å²) in [6, 6.07) is 18.5. The molecule has 3 amide bonds. The molecule has 0 saturated heterocycles. The molecule has 6 nitrogen and oxygen atoms in total. The van der Waals surface area contributed by atoms with E-state index in [9.17, 15) is 14.4 Å². The average Bonchev–Trinajstić information content (AvgIpc) is 3.15. The fourth-order valence-corrected chi connectivity index (χ4v) is 4.17. The van der Waals surface area contributed by atoms with Gasteiger partial charge in [0.05, 0.1) is 17.7 Å². The normalized spacial score (nSPS) is 13.1. The summed E-state index contributed by atoms with van der Waals surface area (Å²) in [6.07, 6.45) is 3.13. The second-order valence-electron chi connectivity index (χ2n) is 7.94. The van der Waals surface area contributed by atoms with Gasteiger partial charge in [-0.05, 0) is 41.3 Å². The molecule has 0 spiro atoms. The molecule has 3 aromatic rings. The molecule has 1 atom stereocenters. The van der Waals surface area contributed by atoms with E-state index < -0.39 is 17.9 Å². The largest absolute Gasteiger partial charge is 0.492 e. The Morgan fingerprint density at radius 1 is 1.03 bits per heavy atom. The first-order chi connectivity index (χ1) is 17.0. The summed E-state index contributed by atoms with van der Waals surface area (Å²) < 4.78 is 5.96. The summed E-state index contributed by atoms with van der Waals surface area (Å²) in [5.41, 5.74) is 1.60. The van der Waals surface area contributed by atoms with Crippen molar-refractivity contribution in [1.82, 2.24) is 10.2 Å². The summed E-state index contributed by atoms with van der Waals surface area (Å²) in [6.45, 7) is 8.02. The molecule has 0 aliphatic carbocycles. The molecular formula is C29H32N2O4. The Hall–Kier alpha value is -3.93. The number of hydrogen-bond donors (Lipinski definition) is 1. The minimum Gasteiger partial charge on any atom is -0.492 e. The number of fused-ring (bicyclic) bond motifs is 2. The van der Waals surface area contributed by atoms with Crippen molar-refractivity contribution < 1.29 is 19.1 Å². The minimum absolute atomic E-state index is 0.216. The number of nitrogens with zero attached hydrogens (tertiary/aromatic N) is 1. The first kappa shape index (κ1) is 25.7. The quantitative estimate of drug-likeness (QED) is 0.345. The summed E-state index contributed by atoms with van der Waals surface area (Å²) in [4.78, 5) is 39.8. The topological polar surface area (TPSA) is 75.7 Å². The van der Waals surface area contributed by atoms with Gasteiger partial charge in [-0.3, -0.25) is 19.3 Å². The number of amides is 3. The van der Waals surface area contributed by atoms with Crippen LogP contribution in [0.3, 0.4) is 0 Å². The Labute approximate surface area is 206 Å². The van der Waals surface area contributed by atoms with Gasteiger partial charge in [0.25, 0.3) is 11.8 Å². The molecule has 1 aliphatic rings. The van der Waals surface area contributed by atoms with E-state index in [1.165, 1.54) is 12.4 Å². The Bertz CT molecular complexity index is 1230. The van der Waals surface area contributed by atoms with Crippen LogP contribution in [0, 0.1) is 0 Å². The highest BCUT2D eigenvalue weighted by molar-refractivity contribution is 6.24. The summed E-state index contributed by atoms with van der Waals surface area (Å²) in [5.74, 6) is -1.01. The third-order valence-corrected chi connectivity index (χ3v) is 5.88. The van der Waals surface area contributed by atoms with Gasteiger partial charge in [-0.2, -0.15) is 0 Å². The molecule has 0 radical (unpaired) electrons. The maximum absolute atomic E-state index is 13.3. The van der Waals surface area contributed by atoms with Gasteiger partial charge in [0.1, 0.15) is 11.8 Å². The zero-order valence-electron chi connectivity index (χ0n) is 20.5. The molecule has 0 saturated carbocycles. The van der Waals surface area contributed by atoms with Crippen molar-refractivity contribution in [3.05, 3.63) is 90.0 Å². The molecule has 4 rings (SSSR count). The number of benzene rings is 3. The van der Waals surface area contributed by atoms with Gasteiger partial charge in [-0.15, -0.1) is 6.58 Å². The highest BCUT2D eigenvalue weighted by Crippen LogP contribution is 2.33. The van der Waals surface area contributed by atoms with Crippen molar-refractivity contribution in [2.45, 2.75) is 39.2 Å². The molecule has 182 valence electrons. The van der Waals surface area contributed by atoms with E-state index in [1.54, 1.807) is 24.3 Å². The summed E-state index contributed by atoms with van der Waals surface area (Å²) >= 11 is 0. The molecular weight excluding hydrogens is 440 g/mol. The van der Waals surface area contributed by atoms with E-state index >= 15 is 0 Å². The van der Waals surface area contributed by atoms with Gasteiger partial charge >= 0.3 is 0 Å². The average molecular weight is 473 g/mol. The molecule has 1 N–H and O–H groups in total. The molecule has 0 bridgehead atoms. The number of allylic oxidation sites excluding steroid dienone is 1. The van der Waals surface area contributed by atoms with Crippen LogP contribution in [0.2, 0.25) is 0 Å². The lowest BCUT2D eigenvalue weighted by Crippen LogP contribution is -2.48. The predicted molar refractivity (Wildman–Crippen MR) is 139 cm³/mol. The number of carbonyl (C=O) groups is 3. The van der Waals surface area contributed by atoms with Crippen LogP contribution < -0.4 is 10.1 Å². The molecule has 1 heterocycles. The summed E-state index contributed by atoms with van der Waals surface area (Å²) in [5, 5.41) is 4.88. The van der Waals surface area contributed by atoms with E-state index in [0.717, 1.165) is 15.8 Å². The number of ether oxygens (including phenoxy) is 1. The van der Waals surface area contributed by atoms with E-state index in [2.05, 4.69) is 42.2 Å². The SMILES string of the molecule is C=CCCC(C(=O)NC)N1C(=O)c2cccc(OCCc3ccc4ccccc4c3)c2C1=O.CC. The number of carbonyl (C=O) groups excluding carboxylic acids is 3. The van der Waals surface area contributed by atoms with Gasteiger partial charge in [-0.25, -0.2) is 0 Å². The van der Waals surface area contributed by atoms with Crippen molar-refractivity contribution in [1.29, 1.82) is 0 Å². The van der Waals surface area contributed by atoms with Gasteiger partial charge in [-0.1, -0.05) is 68.5 Å². The van der Waals surface area contributed by atoms with Crippen LogP contribution in [-0.4, -0.2) is 42.3 Å². The molecule has 3 aromatic carbocycles. The van der Waals surface area contributed by atoms with Crippen LogP contribution in [-0.2, 0) is 11.2 Å². The molecule has 0 fully saturated rings. The maximum atomic E-state index is 13.3. The lowest BCUT2D eigenvalue weighted by Gasteiger charge is -2.24. The van der Waals surface area contributed by atoms with Crippen LogP contribution in [0.4, 0.5) is 0 Å². The predicted octanol–water partition coefficient (Wildman–Crippen LogP) is 5.16. The number of nitrogens with one attached hydrogen (secondary N) is 1. The fraction of sp³-hybridized carbons (Fsp3) is 0.276. The van der Waals surface area contributed by atoms with E-state index in [-0.39, 0.29) is 17.0 Å². The Kier molecular flexibility index (Phi) is 8.79. The second kappa shape index (κ2) is 12.0. The van der Waals surface area contributed by atoms with Crippen molar-refractivity contribution >= 4 is 28.5 Å². The first-order valence-electron chi connectivity index (χ1n) is 12.0. The molecule has 35 heavy (non-hydrogen) atoms. The molecule has 6 heteroatoms. The van der Waals surface area contributed by atoms with E-state index in [1.807, 2.05) is 26.0 Å². The molecule has 1 aliphatic heterocycles. The standard InChI is InChI=1S/C27H26N2O4.C2H6/c1-3-4-11-22(25(30)28-2)29-26(31)21-10-7-12-23(24(21)27(29)32)33-16-15-18-13-14-19-8-5-6-9-20(19)17-18;1-2/h3,5-10,12-14,17,22H,1,4,11,15-16H2,2H3,(H,28,30);1-2H3.